The number of H-pyrrole nitrogens is 1. The van der Waals surface area contributed by atoms with Crippen LogP contribution in [0.4, 0.5) is 0 Å². The molecule has 0 saturated carbocycles. The highest BCUT2D eigenvalue weighted by atomic mass is 16.3. The van der Waals surface area contributed by atoms with Crippen molar-refractivity contribution in [1.82, 2.24) is 10.3 Å². The van der Waals surface area contributed by atoms with Gasteiger partial charge in [-0.2, -0.15) is 0 Å². The second kappa shape index (κ2) is 4.47. The first-order valence-electron chi connectivity index (χ1n) is 5.70. The Morgan fingerprint density at radius 1 is 1.12 bits per heavy atom. The van der Waals surface area contributed by atoms with Crippen LogP contribution in [-0.4, -0.2) is 4.98 Å². The molecule has 0 saturated heterocycles. The van der Waals surface area contributed by atoms with Crippen LogP contribution in [0.25, 0.3) is 10.9 Å². The maximum atomic E-state index is 5.03. The molecule has 0 amide bonds. The quantitative estimate of drug-likeness (QED) is 0.717. The van der Waals surface area contributed by atoms with Crippen molar-refractivity contribution >= 4 is 10.9 Å². The van der Waals surface area contributed by atoms with Gasteiger partial charge < -0.3 is 14.7 Å². The fourth-order valence-corrected chi connectivity index (χ4v) is 2.01. The van der Waals surface area contributed by atoms with E-state index in [1.54, 1.807) is 12.5 Å². The summed E-state index contributed by atoms with van der Waals surface area (Å²) in [6.45, 7) is 1.69. The second-order valence-corrected chi connectivity index (χ2v) is 4.09. The topological polar surface area (TPSA) is 41.0 Å². The van der Waals surface area contributed by atoms with Crippen molar-refractivity contribution in [3.63, 3.8) is 0 Å². The molecule has 0 unspecified atom stereocenters. The van der Waals surface area contributed by atoms with Crippen LogP contribution in [0.2, 0.25) is 0 Å². The SMILES string of the molecule is c1ccc2c(CNCc3ccoc3)c[nH]c2c1. The Bertz CT molecular complexity index is 596. The smallest absolute Gasteiger partial charge is 0.0947 e. The minimum atomic E-state index is 0.829. The molecule has 0 aliphatic rings. The molecule has 86 valence electrons. The van der Waals surface area contributed by atoms with Gasteiger partial charge in [0.25, 0.3) is 0 Å². The molecule has 2 N–H and O–H groups in total. The van der Waals surface area contributed by atoms with Gasteiger partial charge in [-0.1, -0.05) is 18.2 Å². The molecule has 0 aliphatic carbocycles. The van der Waals surface area contributed by atoms with Crippen molar-refractivity contribution in [1.29, 1.82) is 0 Å². The van der Waals surface area contributed by atoms with Crippen LogP contribution in [-0.2, 0) is 13.1 Å². The summed E-state index contributed by atoms with van der Waals surface area (Å²) in [6, 6.07) is 10.3. The van der Waals surface area contributed by atoms with Crippen LogP contribution in [0.15, 0.2) is 53.5 Å². The molecule has 0 atom stereocenters. The summed E-state index contributed by atoms with van der Waals surface area (Å²) in [6.07, 6.45) is 5.53. The maximum Gasteiger partial charge on any atom is 0.0947 e. The number of nitrogens with one attached hydrogen (secondary N) is 2. The lowest BCUT2D eigenvalue weighted by molar-refractivity contribution is 0.560. The van der Waals surface area contributed by atoms with Gasteiger partial charge in [0.2, 0.25) is 0 Å². The van der Waals surface area contributed by atoms with E-state index in [1.165, 1.54) is 22.0 Å². The van der Waals surface area contributed by atoms with E-state index in [1.807, 2.05) is 12.1 Å². The van der Waals surface area contributed by atoms with Crippen LogP contribution >= 0.6 is 0 Å². The number of hydrogen-bond donors (Lipinski definition) is 2. The molecule has 2 heterocycles. The van der Waals surface area contributed by atoms with Gasteiger partial charge in [0.1, 0.15) is 0 Å². The number of para-hydroxylation sites is 1. The Morgan fingerprint density at radius 3 is 2.94 bits per heavy atom. The van der Waals surface area contributed by atoms with Gasteiger partial charge in [0.05, 0.1) is 12.5 Å². The van der Waals surface area contributed by atoms with Crippen LogP contribution in [0.5, 0.6) is 0 Å². The molecule has 1 aromatic carbocycles. The first-order valence-corrected chi connectivity index (χ1v) is 5.70. The molecular weight excluding hydrogens is 212 g/mol. The van der Waals surface area contributed by atoms with Gasteiger partial charge in [0.15, 0.2) is 0 Å². The van der Waals surface area contributed by atoms with Crippen LogP contribution in [0, 0.1) is 0 Å². The molecule has 0 aliphatic heterocycles. The molecule has 0 spiro atoms. The molecule has 3 nitrogen and oxygen atoms in total. The van der Waals surface area contributed by atoms with Crippen molar-refractivity contribution in [2.75, 3.05) is 0 Å². The average Bonchev–Trinajstić information content (AvgIpc) is 2.99. The second-order valence-electron chi connectivity index (χ2n) is 4.09. The lowest BCUT2D eigenvalue weighted by Crippen LogP contribution is -2.11. The number of aromatic nitrogens is 1. The predicted molar refractivity (Wildman–Crippen MR) is 67.6 cm³/mol. The third kappa shape index (κ3) is 2.10. The van der Waals surface area contributed by atoms with Crippen LogP contribution < -0.4 is 5.32 Å². The highest BCUT2D eigenvalue weighted by Gasteiger charge is 2.02. The third-order valence-electron chi connectivity index (χ3n) is 2.90. The Hall–Kier alpha value is -2.00. The summed E-state index contributed by atoms with van der Waals surface area (Å²) in [5.74, 6) is 0. The first-order chi connectivity index (χ1) is 8.43. The zero-order valence-electron chi connectivity index (χ0n) is 9.44. The molecule has 0 radical (unpaired) electrons. The van der Waals surface area contributed by atoms with Gasteiger partial charge in [-0.05, 0) is 17.7 Å². The van der Waals surface area contributed by atoms with E-state index < -0.39 is 0 Å². The average molecular weight is 226 g/mol. The number of hydrogen-bond acceptors (Lipinski definition) is 2. The van der Waals surface area contributed by atoms with E-state index in [0.29, 0.717) is 0 Å². The Kier molecular flexibility index (Phi) is 2.68. The molecule has 3 rings (SSSR count). The zero-order chi connectivity index (χ0) is 11.5. The molecule has 3 heteroatoms. The highest BCUT2D eigenvalue weighted by Crippen LogP contribution is 2.17. The summed E-state index contributed by atoms with van der Waals surface area (Å²) in [4.78, 5) is 3.27. The Labute approximate surface area is 99.5 Å². The lowest BCUT2D eigenvalue weighted by Gasteiger charge is -2.01. The highest BCUT2D eigenvalue weighted by molar-refractivity contribution is 5.82. The van der Waals surface area contributed by atoms with E-state index in [9.17, 15) is 0 Å². The third-order valence-corrected chi connectivity index (χ3v) is 2.90. The number of furan rings is 1. The van der Waals surface area contributed by atoms with Crippen molar-refractivity contribution in [2.24, 2.45) is 0 Å². The van der Waals surface area contributed by atoms with Gasteiger partial charge in [0, 0.05) is 35.8 Å². The summed E-state index contributed by atoms with van der Waals surface area (Å²) in [5.41, 5.74) is 3.65. The van der Waals surface area contributed by atoms with E-state index in [0.717, 1.165) is 13.1 Å². The fraction of sp³-hybridized carbons (Fsp3) is 0.143. The fourth-order valence-electron chi connectivity index (χ4n) is 2.01. The summed E-state index contributed by atoms with van der Waals surface area (Å²) in [7, 11) is 0. The standard InChI is InChI=1S/C14H14N2O/c1-2-4-14-13(3-1)12(9-16-14)8-15-7-11-5-6-17-10-11/h1-6,9-10,15-16H,7-8H2. The van der Waals surface area contributed by atoms with E-state index in [2.05, 4.69) is 34.7 Å². The van der Waals surface area contributed by atoms with Crippen LogP contribution in [0.1, 0.15) is 11.1 Å². The molecule has 3 aromatic rings. The Balaban J connectivity index is 1.69. The molecule has 0 bridgehead atoms. The lowest BCUT2D eigenvalue weighted by atomic mass is 10.2. The van der Waals surface area contributed by atoms with E-state index in [4.69, 9.17) is 4.42 Å². The van der Waals surface area contributed by atoms with Gasteiger partial charge in [-0.25, -0.2) is 0 Å². The van der Waals surface area contributed by atoms with Crippen molar-refractivity contribution in [3.05, 3.63) is 60.2 Å². The molecule has 0 fully saturated rings. The van der Waals surface area contributed by atoms with E-state index in [-0.39, 0.29) is 0 Å². The minimum absolute atomic E-state index is 0.829. The monoisotopic (exact) mass is 226 g/mol. The first kappa shape index (κ1) is 10.2. The predicted octanol–water partition coefficient (Wildman–Crippen LogP) is 3.05. The summed E-state index contributed by atoms with van der Waals surface area (Å²) in [5, 5.41) is 4.69. The number of fused-ring (bicyclic) bond motifs is 1. The van der Waals surface area contributed by atoms with Crippen molar-refractivity contribution < 1.29 is 4.42 Å². The number of benzene rings is 1. The Morgan fingerprint density at radius 2 is 2.06 bits per heavy atom. The summed E-state index contributed by atoms with van der Waals surface area (Å²) >= 11 is 0. The number of rotatable bonds is 4. The molecular formula is C14H14N2O. The largest absolute Gasteiger partial charge is 0.472 e. The maximum absolute atomic E-state index is 5.03. The van der Waals surface area contributed by atoms with Crippen LogP contribution in [0.3, 0.4) is 0 Å². The molecule has 17 heavy (non-hydrogen) atoms. The van der Waals surface area contributed by atoms with Crippen molar-refractivity contribution in [2.45, 2.75) is 13.1 Å². The molecule has 2 aromatic heterocycles. The minimum Gasteiger partial charge on any atom is -0.472 e. The zero-order valence-corrected chi connectivity index (χ0v) is 9.44. The summed E-state index contributed by atoms with van der Waals surface area (Å²) < 4.78 is 5.03. The van der Waals surface area contributed by atoms with E-state index >= 15 is 0 Å². The van der Waals surface area contributed by atoms with Gasteiger partial charge in [-0.15, -0.1) is 0 Å². The van der Waals surface area contributed by atoms with Crippen molar-refractivity contribution in [3.8, 4) is 0 Å². The normalized spacial score (nSPS) is 11.1. The van der Waals surface area contributed by atoms with Gasteiger partial charge >= 0.3 is 0 Å². The number of aromatic amines is 1. The van der Waals surface area contributed by atoms with Gasteiger partial charge in [-0.3, -0.25) is 0 Å².